The summed E-state index contributed by atoms with van der Waals surface area (Å²) in [5.74, 6) is 0. The van der Waals surface area contributed by atoms with Crippen molar-refractivity contribution < 1.29 is 0 Å². The van der Waals surface area contributed by atoms with Gasteiger partial charge in [0.25, 0.3) is 0 Å². The Hall–Kier alpha value is -1.58. The van der Waals surface area contributed by atoms with Gasteiger partial charge in [0, 0.05) is 45.8 Å². The van der Waals surface area contributed by atoms with Gasteiger partial charge in [-0.3, -0.25) is 9.80 Å². The van der Waals surface area contributed by atoms with Crippen LogP contribution in [0.1, 0.15) is 5.56 Å². The SMILES string of the molecule is C#C[P+](C)(C)CN1CCN(C#N)CCN(Cc2ccccc2)CC1. The summed E-state index contributed by atoms with van der Waals surface area (Å²) in [6.07, 6.45) is 9.01. The Labute approximate surface area is 147 Å². The van der Waals surface area contributed by atoms with Crippen LogP contribution < -0.4 is 0 Å². The van der Waals surface area contributed by atoms with Gasteiger partial charge in [-0.2, -0.15) is 5.26 Å². The maximum Gasteiger partial charge on any atom is 0.179 e. The molecule has 0 aromatic heterocycles. The van der Waals surface area contributed by atoms with Crippen LogP contribution in [0.5, 0.6) is 0 Å². The normalized spacial score (nSPS) is 18.1. The molecule has 1 fully saturated rings. The Balaban J connectivity index is 2.03. The van der Waals surface area contributed by atoms with Crippen LogP contribution in [-0.2, 0) is 6.54 Å². The Kier molecular flexibility index (Phi) is 7.07. The van der Waals surface area contributed by atoms with Crippen molar-refractivity contribution in [2.45, 2.75) is 6.54 Å². The van der Waals surface area contributed by atoms with E-state index in [0.717, 1.165) is 52.1 Å². The third kappa shape index (κ3) is 6.14. The van der Waals surface area contributed by atoms with E-state index in [1.165, 1.54) is 5.56 Å². The second-order valence-electron chi connectivity index (χ2n) is 6.92. The van der Waals surface area contributed by atoms with Gasteiger partial charge in [-0.25, -0.2) is 0 Å². The van der Waals surface area contributed by atoms with Crippen molar-refractivity contribution >= 4 is 7.26 Å². The molecule has 5 heteroatoms. The molecule has 0 aliphatic carbocycles. The van der Waals surface area contributed by atoms with E-state index in [1.54, 1.807) is 0 Å². The van der Waals surface area contributed by atoms with Crippen LogP contribution in [0.2, 0.25) is 0 Å². The number of hydrogen-bond acceptors (Lipinski definition) is 4. The molecule has 1 aromatic rings. The largest absolute Gasteiger partial charge is 0.308 e. The summed E-state index contributed by atoms with van der Waals surface area (Å²) in [4.78, 5) is 6.76. The van der Waals surface area contributed by atoms with Crippen LogP contribution in [0.15, 0.2) is 30.3 Å². The Morgan fingerprint density at radius 3 is 2.21 bits per heavy atom. The van der Waals surface area contributed by atoms with Gasteiger partial charge in [-0.1, -0.05) is 36.8 Å². The predicted molar refractivity (Wildman–Crippen MR) is 103 cm³/mol. The molecule has 24 heavy (non-hydrogen) atoms. The van der Waals surface area contributed by atoms with Crippen LogP contribution >= 0.6 is 7.26 Å². The third-order valence-electron chi connectivity index (χ3n) is 4.40. The predicted octanol–water partition coefficient (Wildman–Crippen LogP) is 2.41. The van der Waals surface area contributed by atoms with Crippen LogP contribution in [0.4, 0.5) is 0 Å². The van der Waals surface area contributed by atoms with Gasteiger partial charge >= 0.3 is 0 Å². The summed E-state index contributed by atoms with van der Waals surface area (Å²) in [5.41, 5.74) is 4.32. The number of rotatable bonds is 4. The number of benzene rings is 1. The lowest BCUT2D eigenvalue weighted by Gasteiger charge is -2.26. The first-order chi connectivity index (χ1) is 11.5. The quantitative estimate of drug-likeness (QED) is 0.478. The fraction of sp³-hybridized carbons (Fsp3) is 0.526. The van der Waals surface area contributed by atoms with Crippen molar-refractivity contribution in [1.29, 1.82) is 5.26 Å². The maximum atomic E-state index is 9.35. The molecule has 0 N–H and O–H groups in total. The van der Waals surface area contributed by atoms with Gasteiger partial charge in [-0.05, 0) is 5.56 Å². The van der Waals surface area contributed by atoms with Gasteiger partial charge < -0.3 is 4.90 Å². The minimum absolute atomic E-state index is 0.792. The van der Waals surface area contributed by atoms with Gasteiger partial charge in [0.1, 0.15) is 13.5 Å². The highest BCUT2D eigenvalue weighted by Gasteiger charge is 2.27. The molecule has 128 valence electrons. The number of nitrogens with zero attached hydrogens (tertiary/aromatic N) is 4. The molecule has 0 spiro atoms. The molecule has 1 saturated heterocycles. The summed E-state index contributed by atoms with van der Waals surface area (Å²) in [5, 5.41) is 9.35. The van der Waals surface area contributed by atoms with Gasteiger partial charge in [0.15, 0.2) is 6.19 Å². The molecule has 1 heterocycles. The first kappa shape index (κ1) is 18.8. The minimum Gasteiger partial charge on any atom is -0.308 e. The fourth-order valence-corrected chi connectivity index (χ4v) is 4.29. The van der Waals surface area contributed by atoms with Crippen LogP contribution in [0.3, 0.4) is 0 Å². The van der Waals surface area contributed by atoms with E-state index in [1.807, 2.05) is 11.0 Å². The first-order valence-electron chi connectivity index (χ1n) is 8.46. The van der Waals surface area contributed by atoms with Crippen molar-refractivity contribution in [1.82, 2.24) is 14.7 Å². The summed E-state index contributed by atoms with van der Waals surface area (Å²) in [6, 6.07) is 10.5. The molecule has 4 nitrogen and oxygen atoms in total. The number of hydrogen-bond donors (Lipinski definition) is 0. The highest BCUT2D eigenvalue weighted by atomic mass is 31.2. The van der Waals surface area contributed by atoms with E-state index in [4.69, 9.17) is 6.42 Å². The molecule has 0 atom stereocenters. The van der Waals surface area contributed by atoms with Crippen LogP contribution in [-0.4, -0.2) is 73.6 Å². The van der Waals surface area contributed by atoms with Gasteiger partial charge in [-0.15, -0.1) is 0 Å². The topological polar surface area (TPSA) is 33.5 Å². The van der Waals surface area contributed by atoms with Gasteiger partial charge in [0.05, 0.1) is 19.0 Å². The Morgan fingerprint density at radius 2 is 1.58 bits per heavy atom. The second-order valence-corrected chi connectivity index (χ2v) is 10.8. The minimum atomic E-state index is -1.32. The van der Waals surface area contributed by atoms with Crippen molar-refractivity contribution in [2.24, 2.45) is 0 Å². The molecule has 0 radical (unpaired) electrons. The zero-order valence-electron chi connectivity index (χ0n) is 14.9. The summed E-state index contributed by atoms with van der Waals surface area (Å²) in [6.45, 7) is 10.8. The zero-order valence-corrected chi connectivity index (χ0v) is 15.8. The Morgan fingerprint density at radius 1 is 1.00 bits per heavy atom. The summed E-state index contributed by atoms with van der Waals surface area (Å²) in [7, 11) is -1.32. The lowest BCUT2D eigenvalue weighted by molar-refractivity contribution is 0.228. The molecule has 1 aliphatic rings. The summed E-state index contributed by atoms with van der Waals surface area (Å²) < 4.78 is 0. The second kappa shape index (κ2) is 9.05. The molecule has 1 aliphatic heterocycles. The number of terminal acetylenes is 1. The summed E-state index contributed by atoms with van der Waals surface area (Å²) >= 11 is 0. The average Bonchev–Trinajstić information content (AvgIpc) is 2.67. The monoisotopic (exact) mass is 343 g/mol. The first-order valence-corrected chi connectivity index (χ1v) is 11.3. The number of nitriles is 1. The molecule has 0 bridgehead atoms. The Bertz CT molecular complexity index is 588. The molecule has 2 rings (SSSR count). The fourth-order valence-electron chi connectivity index (χ4n) is 2.92. The molecule has 0 unspecified atom stereocenters. The zero-order chi connectivity index (χ0) is 17.4. The lowest BCUT2D eigenvalue weighted by Crippen LogP contribution is -2.36. The van der Waals surface area contributed by atoms with E-state index in [0.29, 0.717) is 0 Å². The van der Waals surface area contributed by atoms with Crippen molar-refractivity contribution in [3.63, 3.8) is 0 Å². The molecular formula is C19H28N4P+. The van der Waals surface area contributed by atoms with Crippen LogP contribution in [0, 0.1) is 23.5 Å². The van der Waals surface area contributed by atoms with E-state index in [9.17, 15) is 5.26 Å². The van der Waals surface area contributed by atoms with E-state index in [2.05, 4.69) is 59.2 Å². The lowest BCUT2D eigenvalue weighted by atomic mass is 10.2. The molecule has 0 saturated carbocycles. The van der Waals surface area contributed by atoms with Crippen molar-refractivity contribution in [2.75, 3.05) is 58.9 Å². The molecular weight excluding hydrogens is 315 g/mol. The van der Waals surface area contributed by atoms with Crippen LogP contribution in [0.25, 0.3) is 0 Å². The van der Waals surface area contributed by atoms with Gasteiger partial charge in [0.2, 0.25) is 0 Å². The van der Waals surface area contributed by atoms with E-state index >= 15 is 0 Å². The molecule has 0 amide bonds. The van der Waals surface area contributed by atoms with E-state index in [-0.39, 0.29) is 0 Å². The van der Waals surface area contributed by atoms with Crippen molar-refractivity contribution in [3.05, 3.63) is 35.9 Å². The highest BCUT2D eigenvalue weighted by molar-refractivity contribution is 7.79. The average molecular weight is 343 g/mol. The third-order valence-corrected chi connectivity index (χ3v) is 6.20. The maximum absolute atomic E-state index is 9.35. The smallest absolute Gasteiger partial charge is 0.179 e. The highest BCUT2D eigenvalue weighted by Crippen LogP contribution is 2.49. The van der Waals surface area contributed by atoms with Crippen molar-refractivity contribution in [3.8, 4) is 18.3 Å². The molecule has 1 aromatic carbocycles. The van der Waals surface area contributed by atoms with E-state index < -0.39 is 7.26 Å². The standard InChI is InChI=1S/C19H28N4P/c1-4-24(2,3)18-23-14-11-21(10-12-22(17-20)13-15-23)16-19-8-6-5-7-9-19/h1,5-9H,10-16,18H2,2-3H3/q+1.